The zero-order valence-corrected chi connectivity index (χ0v) is 11.1. The Morgan fingerprint density at radius 2 is 1.74 bits per heavy atom. The zero-order chi connectivity index (χ0) is 13.8. The van der Waals surface area contributed by atoms with Crippen LogP contribution in [0.4, 0.5) is 13.2 Å². The Morgan fingerprint density at radius 1 is 1.11 bits per heavy atom. The van der Waals surface area contributed by atoms with E-state index in [4.69, 9.17) is 0 Å². The van der Waals surface area contributed by atoms with Crippen LogP contribution in [0, 0.1) is 17.5 Å². The molecule has 1 aromatic carbocycles. The van der Waals surface area contributed by atoms with Crippen LogP contribution in [0.15, 0.2) is 12.1 Å². The Morgan fingerprint density at radius 3 is 2.37 bits per heavy atom. The molecule has 0 bridgehead atoms. The molecule has 1 heterocycles. The van der Waals surface area contributed by atoms with Gasteiger partial charge in [-0.2, -0.15) is 0 Å². The van der Waals surface area contributed by atoms with Gasteiger partial charge in [-0.3, -0.25) is 4.90 Å². The minimum atomic E-state index is -1.13. The molecule has 0 spiro atoms. The fourth-order valence-electron chi connectivity index (χ4n) is 2.60. The second-order valence-corrected chi connectivity index (χ2v) is 4.88. The number of halogens is 3. The molecular formula is C14H19F3N2. The van der Waals surface area contributed by atoms with E-state index in [-0.39, 0.29) is 11.6 Å². The van der Waals surface area contributed by atoms with Crippen molar-refractivity contribution in [3.63, 3.8) is 0 Å². The highest BCUT2D eigenvalue weighted by molar-refractivity contribution is 5.23. The fourth-order valence-corrected chi connectivity index (χ4v) is 2.60. The molecule has 1 fully saturated rings. The third-order valence-electron chi connectivity index (χ3n) is 3.55. The summed E-state index contributed by atoms with van der Waals surface area (Å²) in [5, 5.41) is 3.23. The smallest absolute Gasteiger partial charge is 0.161 e. The van der Waals surface area contributed by atoms with Crippen LogP contribution in [0.25, 0.3) is 0 Å². The monoisotopic (exact) mass is 272 g/mol. The van der Waals surface area contributed by atoms with Crippen molar-refractivity contribution in [1.82, 2.24) is 10.2 Å². The fraction of sp³-hybridized carbons (Fsp3) is 0.571. The van der Waals surface area contributed by atoms with E-state index in [1.54, 1.807) is 0 Å². The standard InChI is InChI=1S/C14H19F3N2/c1-2-3-14(19-6-4-18-5-7-19)10-8-12(16)13(17)9-11(10)15/h8-9,14,18H,2-7H2,1H3/t14-/m1/s1. The van der Waals surface area contributed by atoms with E-state index in [0.29, 0.717) is 6.07 Å². The van der Waals surface area contributed by atoms with Crippen LogP contribution in [0.1, 0.15) is 31.4 Å². The normalized spacial score (nSPS) is 18.5. The van der Waals surface area contributed by atoms with Gasteiger partial charge >= 0.3 is 0 Å². The molecule has 0 radical (unpaired) electrons. The van der Waals surface area contributed by atoms with E-state index in [1.165, 1.54) is 0 Å². The van der Waals surface area contributed by atoms with Crippen molar-refractivity contribution in [2.75, 3.05) is 26.2 Å². The molecule has 0 saturated carbocycles. The molecular weight excluding hydrogens is 253 g/mol. The van der Waals surface area contributed by atoms with Gasteiger partial charge in [-0.1, -0.05) is 13.3 Å². The maximum Gasteiger partial charge on any atom is 0.161 e. The lowest BCUT2D eigenvalue weighted by molar-refractivity contribution is 0.161. The molecule has 1 atom stereocenters. The number of nitrogens with one attached hydrogen (secondary N) is 1. The molecule has 0 aromatic heterocycles. The third-order valence-corrected chi connectivity index (χ3v) is 3.55. The van der Waals surface area contributed by atoms with Gasteiger partial charge in [0, 0.05) is 43.9 Å². The maximum absolute atomic E-state index is 13.9. The van der Waals surface area contributed by atoms with Crippen molar-refractivity contribution < 1.29 is 13.2 Å². The molecule has 0 unspecified atom stereocenters. The molecule has 2 rings (SSSR count). The lowest BCUT2D eigenvalue weighted by Crippen LogP contribution is -2.45. The molecule has 1 saturated heterocycles. The van der Waals surface area contributed by atoms with Crippen LogP contribution >= 0.6 is 0 Å². The lowest BCUT2D eigenvalue weighted by atomic mass is 9.99. The summed E-state index contributed by atoms with van der Waals surface area (Å²) >= 11 is 0. The van der Waals surface area contributed by atoms with Crippen LogP contribution in [0.5, 0.6) is 0 Å². The Kier molecular flexibility index (Phi) is 4.82. The Hall–Kier alpha value is -1.07. The predicted octanol–water partition coefficient (Wildman–Crippen LogP) is 2.85. The van der Waals surface area contributed by atoms with Crippen LogP contribution in [0.3, 0.4) is 0 Å². The molecule has 2 nitrogen and oxygen atoms in total. The first-order valence-corrected chi connectivity index (χ1v) is 6.72. The summed E-state index contributed by atoms with van der Waals surface area (Å²) in [5.41, 5.74) is 0.266. The van der Waals surface area contributed by atoms with Gasteiger partial charge < -0.3 is 5.32 Å². The number of hydrogen-bond acceptors (Lipinski definition) is 2. The summed E-state index contributed by atoms with van der Waals surface area (Å²) in [6.45, 7) is 5.27. The number of nitrogens with zero attached hydrogens (tertiary/aromatic N) is 1. The second-order valence-electron chi connectivity index (χ2n) is 4.88. The number of rotatable bonds is 4. The lowest BCUT2D eigenvalue weighted by Gasteiger charge is -2.35. The minimum Gasteiger partial charge on any atom is -0.314 e. The van der Waals surface area contributed by atoms with Crippen LogP contribution in [0.2, 0.25) is 0 Å². The van der Waals surface area contributed by atoms with Crippen LogP contribution in [-0.4, -0.2) is 31.1 Å². The Bertz CT molecular complexity index is 431. The molecule has 1 aliphatic heterocycles. The van der Waals surface area contributed by atoms with Crippen molar-refractivity contribution in [2.45, 2.75) is 25.8 Å². The molecule has 1 aromatic rings. The van der Waals surface area contributed by atoms with E-state index < -0.39 is 17.5 Å². The van der Waals surface area contributed by atoms with Gasteiger partial charge in [0.1, 0.15) is 5.82 Å². The van der Waals surface area contributed by atoms with Crippen molar-refractivity contribution >= 4 is 0 Å². The highest BCUT2D eigenvalue weighted by Crippen LogP contribution is 2.29. The Labute approximate surface area is 111 Å². The van der Waals surface area contributed by atoms with Gasteiger partial charge in [-0.25, -0.2) is 13.2 Å². The summed E-state index contributed by atoms with van der Waals surface area (Å²) in [6.07, 6.45) is 1.61. The highest BCUT2D eigenvalue weighted by atomic mass is 19.2. The first-order chi connectivity index (χ1) is 9.13. The first kappa shape index (κ1) is 14.3. The third kappa shape index (κ3) is 3.28. The van der Waals surface area contributed by atoms with Crippen molar-refractivity contribution in [1.29, 1.82) is 0 Å². The van der Waals surface area contributed by atoms with Crippen molar-refractivity contribution in [3.05, 3.63) is 35.1 Å². The average Bonchev–Trinajstić information content (AvgIpc) is 2.42. The molecule has 106 valence electrons. The highest BCUT2D eigenvalue weighted by Gasteiger charge is 2.25. The van der Waals surface area contributed by atoms with Crippen molar-refractivity contribution in [3.8, 4) is 0 Å². The van der Waals surface area contributed by atoms with Gasteiger partial charge in [0.05, 0.1) is 0 Å². The SMILES string of the molecule is CCC[C@H](c1cc(F)c(F)cc1F)N1CCNCC1. The van der Waals surface area contributed by atoms with Gasteiger partial charge in [0.15, 0.2) is 11.6 Å². The van der Waals surface area contributed by atoms with E-state index in [9.17, 15) is 13.2 Å². The quantitative estimate of drug-likeness (QED) is 0.848. The van der Waals surface area contributed by atoms with Crippen LogP contribution < -0.4 is 5.32 Å². The second kappa shape index (κ2) is 6.39. The summed E-state index contributed by atoms with van der Waals surface area (Å²) in [6, 6.07) is 1.48. The predicted molar refractivity (Wildman–Crippen MR) is 68.4 cm³/mol. The first-order valence-electron chi connectivity index (χ1n) is 6.72. The average molecular weight is 272 g/mol. The van der Waals surface area contributed by atoms with E-state index in [1.807, 2.05) is 6.92 Å². The van der Waals surface area contributed by atoms with Gasteiger partial charge in [0.2, 0.25) is 0 Å². The molecule has 1 N–H and O–H groups in total. The molecule has 0 amide bonds. The molecule has 5 heteroatoms. The van der Waals surface area contributed by atoms with Gasteiger partial charge in [0.25, 0.3) is 0 Å². The summed E-state index contributed by atoms with van der Waals surface area (Å²) < 4.78 is 40.3. The zero-order valence-electron chi connectivity index (χ0n) is 11.1. The number of benzene rings is 1. The number of piperazine rings is 1. The topological polar surface area (TPSA) is 15.3 Å². The molecule has 1 aliphatic rings. The van der Waals surface area contributed by atoms with Gasteiger partial charge in [-0.05, 0) is 12.5 Å². The van der Waals surface area contributed by atoms with Crippen LogP contribution in [-0.2, 0) is 0 Å². The van der Waals surface area contributed by atoms with E-state index in [2.05, 4.69) is 10.2 Å². The Balaban J connectivity index is 2.29. The summed E-state index contributed by atoms with van der Waals surface area (Å²) in [5.74, 6) is -2.76. The van der Waals surface area contributed by atoms with E-state index in [0.717, 1.165) is 45.1 Å². The van der Waals surface area contributed by atoms with Gasteiger partial charge in [-0.15, -0.1) is 0 Å². The summed E-state index contributed by atoms with van der Waals surface area (Å²) in [7, 11) is 0. The minimum absolute atomic E-state index is 0.179. The number of hydrogen-bond donors (Lipinski definition) is 1. The van der Waals surface area contributed by atoms with Crippen molar-refractivity contribution in [2.24, 2.45) is 0 Å². The maximum atomic E-state index is 13.9. The van der Waals surface area contributed by atoms with E-state index >= 15 is 0 Å². The molecule has 0 aliphatic carbocycles. The largest absolute Gasteiger partial charge is 0.314 e. The molecule has 19 heavy (non-hydrogen) atoms. The summed E-state index contributed by atoms with van der Waals surface area (Å²) in [4.78, 5) is 2.13.